The van der Waals surface area contributed by atoms with Crippen LogP contribution in [0, 0.1) is 17.0 Å². The Balaban J connectivity index is 1.72. The van der Waals surface area contributed by atoms with Gasteiger partial charge in [0, 0.05) is 37.1 Å². The SMILES string of the molecule is Cc1ccc(-c2cc(C(=O)NCc3cccnc3)n(-c3cccc([N+](=O)[O-])c3)n2)o1. The van der Waals surface area contributed by atoms with E-state index < -0.39 is 4.92 Å². The largest absolute Gasteiger partial charge is 0.460 e. The van der Waals surface area contributed by atoms with Crippen molar-refractivity contribution >= 4 is 11.6 Å². The number of benzene rings is 1. The van der Waals surface area contributed by atoms with Crippen LogP contribution >= 0.6 is 0 Å². The second-order valence-corrected chi connectivity index (χ2v) is 6.56. The van der Waals surface area contributed by atoms with Crippen molar-refractivity contribution in [3.8, 4) is 17.1 Å². The van der Waals surface area contributed by atoms with E-state index >= 15 is 0 Å². The maximum atomic E-state index is 12.9. The molecule has 0 spiro atoms. The molecule has 0 saturated carbocycles. The summed E-state index contributed by atoms with van der Waals surface area (Å²) in [4.78, 5) is 27.6. The van der Waals surface area contributed by atoms with Crippen molar-refractivity contribution in [3.63, 3.8) is 0 Å². The van der Waals surface area contributed by atoms with E-state index in [4.69, 9.17) is 4.42 Å². The van der Waals surface area contributed by atoms with Crippen LogP contribution < -0.4 is 5.32 Å². The molecule has 0 fully saturated rings. The Morgan fingerprint density at radius 1 is 1.20 bits per heavy atom. The third kappa shape index (κ3) is 3.95. The van der Waals surface area contributed by atoms with E-state index in [1.165, 1.54) is 16.8 Å². The van der Waals surface area contributed by atoms with Crippen LogP contribution in [0.5, 0.6) is 0 Å². The lowest BCUT2D eigenvalue weighted by molar-refractivity contribution is -0.384. The molecule has 1 aromatic carbocycles. The Hall–Kier alpha value is -4.27. The lowest BCUT2D eigenvalue weighted by Crippen LogP contribution is -2.25. The van der Waals surface area contributed by atoms with E-state index in [1.54, 1.807) is 48.8 Å². The third-order valence-electron chi connectivity index (χ3n) is 4.40. The molecule has 1 amide bonds. The van der Waals surface area contributed by atoms with Gasteiger partial charge >= 0.3 is 0 Å². The van der Waals surface area contributed by atoms with Crippen molar-refractivity contribution in [1.29, 1.82) is 0 Å². The highest BCUT2D eigenvalue weighted by Crippen LogP contribution is 2.25. The van der Waals surface area contributed by atoms with Gasteiger partial charge in [-0.05, 0) is 36.8 Å². The molecule has 9 heteroatoms. The number of nitro groups is 1. The third-order valence-corrected chi connectivity index (χ3v) is 4.40. The molecule has 0 unspecified atom stereocenters. The van der Waals surface area contributed by atoms with Crippen LogP contribution in [0.2, 0.25) is 0 Å². The summed E-state index contributed by atoms with van der Waals surface area (Å²) in [5, 5.41) is 18.5. The molecular weight excluding hydrogens is 386 g/mol. The molecule has 3 aromatic heterocycles. The Morgan fingerprint density at radius 2 is 2.07 bits per heavy atom. The predicted molar refractivity (Wildman–Crippen MR) is 108 cm³/mol. The Morgan fingerprint density at radius 3 is 2.77 bits per heavy atom. The van der Waals surface area contributed by atoms with Crippen LogP contribution in [0.15, 0.2) is 71.4 Å². The summed E-state index contributed by atoms with van der Waals surface area (Å²) in [5.74, 6) is 0.822. The summed E-state index contributed by atoms with van der Waals surface area (Å²) in [7, 11) is 0. The molecule has 0 radical (unpaired) electrons. The second-order valence-electron chi connectivity index (χ2n) is 6.56. The van der Waals surface area contributed by atoms with Crippen molar-refractivity contribution < 1.29 is 14.1 Å². The molecule has 1 N–H and O–H groups in total. The molecule has 0 aliphatic heterocycles. The molecule has 0 bridgehead atoms. The van der Waals surface area contributed by atoms with Gasteiger partial charge in [-0.15, -0.1) is 0 Å². The number of carbonyl (C=O) groups is 1. The fraction of sp³-hybridized carbons (Fsp3) is 0.0952. The van der Waals surface area contributed by atoms with Crippen molar-refractivity contribution in [2.45, 2.75) is 13.5 Å². The van der Waals surface area contributed by atoms with E-state index in [1.807, 2.05) is 13.0 Å². The summed E-state index contributed by atoms with van der Waals surface area (Å²) in [6.07, 6.45) is 3.31. The van der Waals surface area contributed by atoms with E-state index in [0.717, 1.165) is 5.56 Å². The van der Waals surface area contributed by atoms with Crippen LogP contribution in [0.25, 0.3) is 17.1 Å². The van der Waals surface area contributed by atoms with Gasteiger partial charge in [-0.2, -0.15) is 5.10 Å². The summed E-state index contributed by atoms with van der Waals surface area (Å²) in [6.45, 7) is 2.09. The summed E-state index contributed by atoms with van der Waals surface area (Å²) < 4.78 is 6.99. The molecule has 0 saturated heterocycles. The first-order valence-electron chi connectivity index (χ1n) is 9.10. The quantitative estimate of drug-likeness (QED) is 0.388. The number of nitrogens with one attached hydrogen (secondary N) is 1. The molecule has 0 aliphatic rings. The maximum Gasteiger partial charge on any atom is 0.271 e. The Labute approximate surface area is 171 Å². The van der Waals surface area contributed by atoms with Gasteiger partial charge in [0.1, 0.15) is 17.1 Å². The van der Waals surface area contributed by atoms with Gasteiger partial charge in [-0.25, -0.2) is 4.68 Å². The van der Waals surface area contributed by atoms with Crippen molar-refractivity contribution in [2.75, 3.05) is 0 Å². The molecule has 30 heavy (non-hydrogen) atoms. The highest BCUT2D eigenvalue weighted by molar-refractivity contribution is 5.94. The first-order valence-corrected chi connectivity index (χ1v) is 9.10. The molecule has 4 aromatic rings. The number of nitrogens with zero attached hydrogens (tertiary/aromatic N) is 4. The summed E-state index contributed by atoms with van der Waals surface area (Å²) >= 11 is 0. The number of carbonyl (C=O) groups excluding carboxylic acids is 1. The van der Waals surface area contributed by atoms with Crippen LogP contribution in [0.1, 0.15) is 21.8 Å². The number of hydrogen-bond acceptors (Lipinski definition) is 6. The minimum atomic E-state index is -0.494. The average molecular weight is 403 g/mol. The highest BCUT2D eigenvalue weighted by atomic mass is 16.6. The van der Waals surface area contributed by atoms with Gasteiger partial charge < -0.3 is 9.73 Å². The number of aryl methyl sites for hydroxylation is 1. The first-order chi connectivity index (χ1) is 14.5. The number of furan rings is 1. The first kappa shape index (κ1) is 19.1. The van der Waals surface area contributed by atoms with Gasteiger partial charge in [0.15, 0.2) is 5.76 Å². The van der Waals surface area contributed by atoms with Crippen molar-refractivity contribution in [1.82, 2.24) is 20.1 Å². The zero-order valence-corrected chi connectivity index (χ0v) is 16.0. The van der Waals surface area contributed by atoms with Gasteiger partial charge in [-0.1, -0.05) is 12.1 Å². The van der Waals surface area contributed by atoms with E-state index in [2.05, 4.69) is 15.4 Å². The van der Waals surface area contributed by atoms with Crippen molar-refractivity contribution in [2.24, 2.45) is 0 Å². The summed E-state index contributed by atoms with van der Waals surface area (Å²) in [6, 6.07) is 14.7. The van der Waals surface area contributed by atoms with Gasteiger partial charge in [-0.3, -0.25) is 19.9 Å². The van der Waals surface area contributed by atoms with E-state index in [-0.39, 0.29) is 23.8 Å². The molecule has 4 rings (SSSR count). The molecule has 0 atom stereocenters. The number of rotatable bonds is 6. The van der Waals surface area contributed by atoms with Gasteiger partial charge in [0.25, 0.3) is 11.6 Å². The monoisotopic (exact) mass is 403 g/mol. The van der Waals surface area contributed by atoms with Crippen molar-refractivity contribution in [3.05, 3.63) is 94.1 Å². The normalized spacial score (nSPS) is 10.7. The molecule has 3 heterocycles. The lowest BCUT2D eigenvalue weighted by atomic mass is 10.2. The van der Waals surface area contributed by atoms with Crippen LogP contribution in [0.3, 0.4) is 0 Å². The maximum absolute atomic E-state index is 12.9. The standard InChI is InChI=1S/C21H17N5O4/c1-14-7-8-20(30-14)18-11-19(21(27)23-13-15-4-3-9-22-12-15)25(24-18)16-5-2-6-17(10-16)26(28)29/h2-12H,13H2,1H3,(H,23,27). The average Bonchev–Trinajstić information content (AvgIpc) is 3.39. The zero-order chi connectivity index (χ0) is 21.1. The fourth-order valence-electron chi connectivity index (χ4n) is 2.95. The van der Waals surface area contributed by atoms with Gasteiger partial charge in [0.2, 0.25) is 0 Å². The van der Waals surface area contributed by atoms with Gasteiger partial charge in [0.05, 0.1) is 10.6 Å². The minimum absolute atomic E-state index is 0.0971. The number of pyridine rings is 1. The van der Waals surface area contributed by atoms with Crippen LogP contribution in [-0.2, 0) is 6.54 Å². The Kier molecular flexibility index (Phi) is 5.08. The molecule has 0 aliphatic carbocycles. The Bertz CT molecular complexity index is 1210. The molecule has 9 nitrogen and oxygen atoms in total. The van der Waals surface area contributed by atoms with Crippen LogP contribution in [-0.4, -0.2) is 25.6 Å². The number of aromatic nitrogens is 3. The highest BCUT2D eigenvalue weighted by Gasteiger charge is 2.20. The minimum Gasteiger partial charge on any atom is -0.460 e. The molecule has 150 valence electrons. The predicted octanol–water partition coefficient (Wildman–Crippen LogP) is 3.67. The topological polar surface area (TPSA) is 116 Å². The number of non-ortho nitro benzene ring substituents is 1. The van der Waals surface area contributed by atoms with Crippen LogP contribution in [0.4, 0.5) is 5.69 Å². The number of nitro benzene ring substituents is 1. The van der Waals surface area contributed by atoms with E-state index in [9.17, 15) is 14.9 Å². The summed E-state index contributed by atoms with van der Waals surface area (Å²) in [5.41, 5.74) is 1.81. The smallest absolute Gasteiger partial charge is 0.271 e. The van der Waals surface area contributed by atoms with E-state index in [0.29, 0.717) is 22.9 Å². The second kappa shape index (κ2) is 8.00. The zero-order valence-electron chi connectivity index (χ0n) is 16.0. The number of amides is 1. The number of hydrogen-bond donors (Lipinski definition) is 1. The lowest BCUT2D eigenvalue weighted by Gasteiger charge is -2.08. The molecular formula is C21H17N5O4. The fourth-order valence-corrected chi connectivity index (χ4v) is 2.95.